The maximum atomic E-state index is 14.2. The van der Waals surface area contributed by atoms with Crippen molar-refractivity contribution >= 4 is 28.0 Å². The molecule has 8 nitrogen and oxygen atoms in total. The van der Waals surface area contributed by atoms with Crippen LogP contribution in [0.2, 0.25) is 0 Å². The van der Waals surface area contributed by atoms with Gasteiger partial charge in [-0.1, -0.05) is 0 Å². The Morgan fingerprint density at radius 3 is 2.72 bits per heavy atom. The van der Waals surface area contributed by atoms with Gasteiger partial charge in [0, 0.05) is 48.4 Å². The van der Waals surface area contributed by atoms with Crippen LogP contribution in [-0.4, -0.2) is 61.8 Å². The molecule has 4 heterocycles. The zero-order valence-corrected chi connectivity index (χ0v) is 22.1. The van der Waals surface area contributed by atoms with Crippen LogP contribution >= 0.6 is 0 Å². The molecule has 39 heavy (non-hydrogen) atoms. The number of piperidine rings is 1. The highest BCUT2D eigenvalue weighted by molar-refractivity contribution is 6.00. The molecule has 0 spiro atoms. The Morgan fingerprint density at radius 1 is 1.18 bits per heavy atom. The maximum absolute atomic E-state index is 14.2. The Kier molecular flexibility index (Phi) is 5.12. The van der Waals surface area contributed by atoms with Crippen molar-refractivity contribution < 1.29 is 13.9 Å². The minimum absolute atomic E-state index is 0.0199. The molecule has 9 heteroatoms. The van der Waals surface area contributed by atoms with Gasteiger partial charge in [-0.15, -0.1) is 0 Å². The van der Waals surface area contributed by atoms with Crippen LogP contribution in [0.4, 0.5) is 4.39 Å². The summed E-state index contributed by atoms with van der Waals surface area (Å²) in [5, 5.41) is 1.06. The summed E-state index contributed by atoms with van der Waals surface area (Å²) in [6.07, 6.45) is 6.38. The number of nitrogens with zero attached hydrogens (tertiary/aromatic N) is 5. The number of halogens is 1. The van der Waals surface area contributed by atoms with Crippen molar-refractivity contribution in [3.05, 3.63) is 42.1 Å². The summed E-state index contributed by atoms with van der Waals surface area (Å²) in [5.74, 6) is 2.37. The molecule has 0 unspecified atom stereocenters. The van der Waals surface area contributed by atoms with Gasteiger partial charge in [0.05, 0.1) is 18.3 Å². The van der Waals surface area contributed by atoms with E-state index in [1.54, 1.807) is 7.11 Å². The minimum atomic E-state index is -0.819. The summed E-state index contributed by atoms with van der Waals surface area (Å²) in [7, 11) is 1.63. The molecule has 1 aliphatic heterocycles. The van der Waals surface area contributed by atoms with Gasteiger partial charge >= 0.3 is 0 Å². The van der Waals surface area contributed by atoms with Crippen molar-refractivity contribution in [3.8, 4) is 17.3 Å². The van der Waals surface area contributed by atoms with Gasteiger partial charge in [0.2, 0.25) is 0 Å². The molecule has 0 radical (unpaired) electrons. The third-order valence-corrected chi connectivity index (χ3v) is 9.57. The molecule has 2 N–H and O–H groups in total. The normalized spacial score (nSPS) is 28.0. The number of hydrogen-bond donors (Lipinski definition) is 1. The second-order valence-corrected chi connectivity index (χ2v) is 12.0. The number of imidazole rings is 1. The first-order valence-corrected chi connectivity index (χ1v) is 14.3. The lowest BCUT2D eigenvalue weighted by molar-refractivity contribution is 0.0700. The molecular formula is C30H33FN6O2. The third kappa shape index (κ3) is 3.55. The number of nitrogens with two attached hydrogens (primary N) is 1. The number of likely N-dealkylation sites (tertiary alicyclic amines) is 1. The van der Waals surface area contributed by atoms with Crippen LogP contribution in [0, 0.1) is 11.8 Å². The lowest BCUT2D eigenvalue weighted by Gasteiger charge is -2.33. The number of methoxy groups -OCH3 is 1. The number of benzene rings is 1. The molecule has 8 rings (SSSR count). The fraction of sp³-hybridized carbons (Fsp3) is 0.500. The predicted octanol–water partition coefficient (Wildman–Crippen LogP) is 4.71. The highest BCUT2D eigenvalue weighted by Gasteiger charge is 2.47. The number of carbonyl (C=O) groups is 1. The first kappa shape index (κ1) is 23.4. The predicted molar refractivity (Wildman–Crippen MR) is 146 cm³/mol. The van der Waals surface area contributed by atoms with E-state index in [1.165, 1.54) is 12.8 Å². The van der Waals surface area contributed by atoms with Crippen molar-refractivity contribution in [2.75, 3.05) is 13.7 Å². The lowest BCUT2D eigenvalue weighted by Crippen LogP contribution is -2.41. The Labute approximate surface area is 225 Å². The highest BCUT2D eigenvalue weighted by atomic mass is 19.1. The average Bonchev–Trinajstić information content (AvgIpc) is 3.27. The van der Waals surface area contributed by atoms with Crippen LogP contribution in [0.3, 0.4) is 0 Å². The molecule has 4 fully saturated rings. The van der Waals surface area contributed by atoms with Crippen LogP contribution in [0.5, 0.6) is 5.75 Å². The molecule has 2 bridgehead atoms. The van der Waals surface area contributed by atoms with E-state index in [0.29, 0.717) is 48.1 Å². The number of pyridine rings is 1. The fourth-order valence-electron chi connectivity index (χ4n) is 7.21. The lowest BCUT2D eigenvalue weighted by atomic mass is 9.90. The Bertz CT molecular complexity index is 1620. The molecular weight excluding hydrogens is 495 g/mol. The first-order chi connectivity index (χ1) is 19.0. The van der Waals surface area contributed by atoms with Crippen molar-refractivity contribution in [1.82, 2.24) is 24.0 Å². The number of hydrogen-bond acceptors (Lipinski definition) is 5. The van der Waals surface area contributed by atoms with E-state index in [-0.39, 0.29) is 24.0 Å². The van der Waals surface area contributed by atoms with Gasteiger partial charge < -0.3 is 24.5 Å². The molecule has 3 aliphatic carbocycles. The van der Waals surface area contributed by atoms with Gasteiger partial charge in [-0.2, -0.15) is 0 Å². The monoisotopic (exact) mass is 528 g/mol. The summed E-state index contributed by atoms with van der Waals surface area (Å²) in [6.45, 7) is 1.59. The van der Waals surface area contributed by atoms with Crippen molar-refractivity contribution in [2.24, 2.45) is 17.6 Å². The fourth-order valence-corrected chi connectivity index (χ4v) is 7.21. The van der Waals surface area contributed by atoms with Crippen LogP contribution in [-0.2, 0) is 6.54 Å². The molecule has 1 saturated heterocycles. The van der Waals surface area contributed by atoms with Crippen LogP contribution in [0.25, 0.3) is 33.6 Å². The molecule has 4 aliphatic rings. The maximum Gasteiger partial charge on any atom is 0.254 e. The van der Waals surface area contributed by atoms with Gasteiger partial charge in [0.25, 0.3) is 5.91 Å². The summed E-state index contributed by atoms with van der Waals surface area (Å²) in [6, 6.07) is 10.0. The van der Waals surface area contributed by atoms with Gasteiger partial charge in [-0.25, -0.2) is 14.4 Å². The number of rotatable bonds is 6. The van der Waals surface area contributed by atoms with Crippen LogP contribution in [0.1, 0.15) is 54.9 Å². The SMILES string of the molecule is COc1cc(C(=O)N2C[C@H]3CC[C@@H]2[C@@H]3N)cc2nc(-c3cc4cccnc4n3CC3CC3)n([C@H]3C[C@H](F)C3)c12. The van der Waals surface area contributed by atoms with E-state index in [4.69, 9.17) is 20.4 Å². The van der Waals surface area contributed by atoms with E-state index in [1.807, 2.05) is 29.3 Å². The van der Waals surface area contributed by atoms with Crippen LogP contribution < -0.4 is 10.5 Å². The largest absolute Gasteiger partial charge is 0.494 e. The van der Waals surface area contributed by atoms with Gasteiger partial charge in [-0.05, 0) is 80.7 Å². The first-order valence-electron chi connectivity index (χ1n) is 14.3. The standard InChI is InChI=1S/C30H33FN6O2/c1-39-25-11-19(30(38)36-15-18-6-7-23(36)26(18)32)9-22-27(25)37(21-12-20(31)13-21)29(34-22)24-10-17-3-2-8-33-28(17)35(24)14-16-4-5-16/h2-3,8-11,16,18,20-21,23,26H,4-7,12-15,32H2,1H3/t18-,20-,21-,23-,26-/m1/s1. The topological polar surface area (TPSA) is 91.2 Å². The zero-order chi connectivity index (χ0) is 26.4. The second kappa shape index (κ2) is 8.52. The van der Waals surface area contributed by atoms with Gasteiger partial charge in [0.1, 0.15) is 23.1 Å². The Balaban J connectivity index is 1.30. The number of ether oxygens (including phenoxy) is 1. The third-order valence-electron chi connectivity index (χ3n) is 9.57. The summed E-state index contributed by atoms with van der Waals surface area (Å²) in [5.41, 5.74) is 10.4. The number of alkyl halides is 1. The van der Waals surface area contributed by atoms with E-state index in [2.05, 4.69) is 21.3 Å². The van der Waals surface area contributed by atoms with Crippen molar-refractivity contribution in [2.45, 2.75) is 69.4 Å². The van der Waals surface area contributed by atoms with Crippen molar-refractivity contribution in [1.29, 1.82) is 0 Å². The van der Waals surface area contributed by atoms with Crippen LogP contribution in [0.15, 0.2) is 36.5 Å². The quantitative estimate of drug-likeness (QED) is 0.392. The molecule has 202 valence electrons. The molecule has 4 aromatic rings. The Morgan fingerprint density at radius 2 is 2.03 bits per heavy atom. The second-order valence-electron chi connectivity index (χ2n) is 12.0. The van der Waals surface area contributed by atoms with E-state index in [0.717, 1.165) is 47.5 Å². The molecule has 1 amide bonds. The van der Waals surface area contributed by atoms with Crippen molar-refractivity contribution in [3.63, 3.8) is 0 Å². The summed E-state index contributed by atoms with van der Waals surface area (Å²) >= 11 is 0. The molecule has 1 aromatic carbocycles. The van der Waals surface area contributed by atoms with Gasteiger partial charge in [-0.3, -0.25) is 4.79 Å². The highest BCUT2D eigenvalue weighted by Crippen LogP contribution is 2.45. The summed E-state index contributed by atoms with van der Waals surface area (Å²) in [4.78, 5) is 25.5. The van der Waals surface area contributed by atoms with E-state index in [9.17, 15) is 9.18 Å². The smallest absolute Gasteiger partial charge is 0.254 e. The molecule has 3 saturated carbocycles. The number of amides is 1. The number of carbonyl (C=O) groups excluding carboxylic acids is 1. The zero-order valence-electron chi connectivity index (χ0n) is 22.1. The average molecular weight is 529 g/mol. The molecule has 3 atom stereocenters. The number of aromatic nitrogens is 4. The van der Waals surface area contributed by atoms with E-state index >= 15 is 0 Å². The van der Waals surface area contributed by atoms with Gasteiger partial charge in [0.15, 0.2) is 5.82 Å². The Hall–Kier alpha value is -3.46. The van der Waals surface area contributed by atoms with E-state index < -0.39 is 6.17 Å². The summed E-state index contributed by atoms with van der Waals surface area (Å²) < 4.78 is 24.5. The minimum Gasteiger partial charge on any atom is -0.494 e. The number of fused-ring (bicyclic) bond motifs is 4. The molecule has 3 aromatic heterocycles.